The first-order valence-electron chi connectivity index (χ1n) is 17.8. The first kappa shape index (κ1) is 34.8. The van der Waals surface area contributed by atoms with E-state index in [2.05, 4.69) is 101 Å². The molecular weight excluding hydrogens is 608 g/mol. The van der Waals surface area contributed by atoms with Crippen LogP contribution in [-0.2, 0) is 22.8 Å². The highest BCUT2D eigenvalue weighted by atomic mass is 16.5. The zero-order chi connectivity index (χ0) is 35.0. The normalized spacial score (nSPS) is 20.4. The maximum atomic E-state index is 10.1. The van der Waals surface area contributed by atoms with Crippen LogP contribution in [0.4, 0.5) is 0 Å². The summed E-state index contributed by atoms with van der Waals surface area (Å²) in [4.78, 5) is 5.10. The number of nitrogens with zero attached hydrogens (tertiary/aromatic N) is 2. The van der Waals surface area contributed by atoms with E-state index < -0.39 is 0 Å². The molecule has 0 bridgehead atoms. The number of phenolic OH excluding ortho intramolecular Hbond substituents is 2. The molecule has 49 heavy (non-hydrogen) atoms. The number of benzene rings is 4. The predicted molar refractivity (Wildman–Crippen MR) is 198 cm³/mol. The lowest BCUT2D eigenvalue weighted by Gasteiger charge is -2.43. The van der Waals surface area contributed by atoms with Crippen molar-refractivity contribution in [2.24, 2.45) is 0 Å². The summed E-state index contributed by atoms with van der Waals surface area (Å²) < 4.78 is 12.5. The monoisotopic (exact) mass is 662 g/mol. The van der Waals surface area contributed by atoms with Gasteiger partial charge in [0.25, 0.3) is 0 Å². The van der Waals surface area contributed by atoms with E-state index >= 15 is 0 Å². The second kappa shape index (κ2) is 13.7. The van der Waals surface area contributed by atoms with Gasteiger partial charge in [-0.25, -0.2) is 0 Å². The Hall–Kier alpha value is -4.00. The summed E-state index contributed by atoms with van der Waals surface area (Å²) in [6.45, 7) is 23.2. The van der Waals surface area contributed by atoms with Crippen LogP contribution < -0.4 is 9.47 Å². The second-order valence-electron chi connectivity index (χ2n) is 16.4. The number of hydrogen-bond acceptors (Lipinski definition) is 6. The highest BCUT2D eigenvalue weighted by Crippen LogP contribution is 2.51. The third-order valence-electron chi connectivity index (χ3n) is 10.5. The minimum atomic E-state index is -0.382. The number of ether oxygens (including phenoxy) is 2. The standard InChI is InChI=1S/C43H54N2O4/c1-41(2,3)33-24-30(25-34(26-33)42(4,5)6)28-45-20-18-44(19-21-45)22-23-48-37-15-8-31(9-16-37)40-38-17-14-36(47)27-39(38)49-29-43(40,7)32-10-12-35(46)13-11-32/h8-17,24-27,40,46-47H,18-23,28-29H2,1-7H3/t40-,43-/m1/s1. The van der Waals surface area contributed by atoms with Crippen LogP contribution in [0.15, 0.2) is 84.9 Å². The Morgan fingerprint density at radius 1 is 0.735 bits per heavy atom. The van der Waals surface area contributed by atoms with Crippen molar-refractivity contribution in [1.29, 1.82) is 0 Å². The Morgan fingerprint density at radius 2 is 1.33 bits per heavy atom. The van der Waals surface area contributed by atoms with E-state index in [9.17, 15) is 10.2 Å². The topological polar surface area (TPSA) is 65.4 Å². The summed E-state index contributed by atoms with van der Waals surface area (Å²) >= 11 is 0. The Labute approximate surface area is 293 Å². The minimum Gasteiger partial charge on any atom is -0.508 e. The number of fused-ring (bicyclic) bond motifs is 1. The number of hydrogen-bond donors (Lipinski definition) is 2. The van der Waals surface area contributed by atoms with E-state index in [0.717, 1.165) is 61.7 Å². The Balaban J connectivity index is 1.06. The van der Waals surface area contributed by atoms with Crippen LogP contribution in [0, 0.1) is 0 Å². The van der Waals surface area contributed by atoms with Crippen molar-refractivity contribution in [2.45, 2.75) is 77.2 Å². The van der Waals surface area contributed by atoms with E-state index in [0.29, 0.717) is 19.0 Å². The lowest BCUT2D eigenvalue weighted by atomic mass is 9.65. The minimum absolute atomic E-state index is 0.0114. The largest absolute Gasteiger partial charge is 0.508 e. The van der Waals surface area contributed by atoms with Crippen LogP contribution in [0.3, 0.4) is 0 Å². The van der Waals surface area contributed by atoms with Gasteiger partial charge in [-0.1, -0.05) is 97.0 Å². The summed E-state index contributed by atoms with van der Waals surface area (Å²) in [5.41, 5.74) is 7.40. The summed E-state index contributed by atoms with van der Waals surface area (Å²) in [6, 6.07) is 28.5. The summed E-state index contributed by atoms with van der Waals surface area (Å²) in [7, 11) is 0. The van der Waals surface area contributed by atoms with E-state index in [1.54, 1.807) is 24.3 Å². The second-order valence-corrected chi connectivity index (χ2v) is 16.4. The van der Waals surface area contributed by atoms with Crippen molar-refractivity contribution in [3.05, 3.63) is 118 Å². The first-order chi connectivity index (χ1) is 23.2. The summed E-state index contributed by atoms with van der Waals surface area (Å²) in [5, 5.41) is 20.1. The molecule has 2 aliphatic rings. The molecule has 260 valence electrons. The molecule has 0 unspecified atom stereocenters. The van der Waals surface area contributed by atoms with Crippen LogP contribution in [0.25, 0.3) is 0 Å². The molecule has 0 radical (unpaired) electrons. The number of piperazine rings is 1. The quantitative estimate of drug-likeness (QED) is 0.198. The molecule has 1 fully saturated rings. The van der Waals surface area contributed by atoms with Gasteiger partial charge in [-0.05, 0) is 69.0 Å². The molecule has 6 heteroatoms. The van der Waals surface area contributed by atoms with Gasteiger partial charge in [0.15, 0.2) is 0 Å². The van der Waals surface area contributed by atoms with Crippen LogP contribution in [0.1, 0.15) is 87.8 Å². The van der Waals surface area contributed by atoms with Gasteiger partial charge in [0, 0.05) is 62.2 Å². The first-order valence-corrected chi connectivity index (χ1v) is 17.8. The molecular formula is C43H54N2O4. The van der Waals surface area contributed by atoms with Gasteiger partial charge in [0.1, 0.15) is 29.6 Å². The van der Waals surface area contributed by atoms with Gasteiger partial charge in [0.2, 0.25) is 0 Å². The molecule has 0 spiro atoms. The predicted octanol–water partition coefficient (Wildman–Crippen LogP) is 8.37. The number of phenols is 2. The van der Waals surface area contributed by atoms with E-state index in [4.69, 9.17) is 9.47 Å². The molecule has 0 saturated carbocycles. The maximum absolute atomic E-state index is 10.1. The molecule has 1 saturated heterocycles. The average Bonchev–Trinajstić information content (AvgIpc) is 3.05. The van der Waals surface area contributed by atoms with E-state index in [1.165, 1.54) is 16.7 Å². The zero-order valence-electron chi connectivity index (χ0n) is 30.4. The maximum Gasteiger partial charge on any atom is 0.126 e. The van der Waals surface area contributed by atoms with Gasteiger partial charge in [0.05, 0.1) is 6.61 Å². The molecule has 0 aliphatic carbocycles. The van der Waals surface area contributed by atoms with Crippen molar-refractivity contribution < 1.29 is 19.7 Å². The molecule has 2 N–H and O–H groups in total. The molecule has 6 nitrogen and oxygen atoms in total. The van der Waals surface area contributed by atoms with Gasteiger partial charge in [-0.2, -0.15) is 0 Å². The highest BCUT2D eigenvalue weighted by Gasteiger charge is 2.43. The van der Waals surface area contributed by atoms with Crippen LogP contribution >= 0.6 is 0 Å². The van der Waals surface area contributed by atoms with Crippen molar-refractivity contribution >= 4 is 0 Å². The van der Waals surface area contributed by atoms with E-state index in [-0.39, 0.29) is 33.7 Å². The Morgan fingerprint density at radius 3 is 1.94 bits per heavy atom. The fourth-order valence-electron chi connectivity index (χ4n) is 7.31. The zero-order valence-corrected chi connectivity index (χ0v) is 30.4. The third kappa shape index (κ3) is 7.92. The Bertz CT molecular complexity index is 1700. The molecule has 2 heterocycles. The molecule has 4 aromatic rings. The molecule has 2 aliphatic heterocycles. The van der Waals surface area contributed by atoms with Gasteiger partial charge in [-0.3, -0.25) is 9.80 Å². The van der Waals surface area contributed by atoms with Crippen molar-refractivity contribution in [3.63, 3.8) is 0 Å². The van der Waals surface area contributed by atoms with Crippen molar-refractivity contribution in [3.8, 4) is 23.0 Å². The molecule has 0 aromatic heterocycles. The smallest absolute Gasteiger partial charge is 0.126 e. The van der Waals surface area contributed by atoms with Gasteiger partial charge in [-0.15, -0.1) is 0 Å². The highest BCUT2D eigenvalue weighted by molar-refractivity contribution is 5.53. The van der Waals surface area contributed by atoms with Gasteiger partial charge < -0.3 is 19.7 Å². The van der Waals surface area contributed by atoms with E-state index in [1.807, 2.05) is 18.2 Å². The number of aromatic hydroxyl groups is 2. The van der Waals surface area contributed by atoms with Crippen molar-refractivity contribution in [1.82, 2.24) is 9.80 Å². The van der Waals surface area contributed by atoms with Crippen molar-refractivity contribution in [2.75, 3.05) is 45.9 Å². The average molecular weight is 663 g/mol. The number of rotatable bonds is 8. The molecule has 4 aromatic carbocycles. The molecule has 2 atom stereocenters. The fourth-order valence-corrected chi connectivity index (χ4v) is 7.31. The van der Waals surface area contributed by atoms with Crippen LogP contribution in [0.5, 0.6) is 23.0 Å². The fraction of sp³-hybridized carbons (Fsp3) is 0.442. The molecule has 6 rings (SSSR count). The lowest BCUT2D eigenvalue weighted by molar-refractivity contribution is 0.112. The van der Waals surface area contributed by atoms with Crippen LogP contribution in [-0.4, -0.2) is 66.0 Å². The summed E-state index contributed by atoms with van der Waals surface area (Å²) in [5.74, 6) is 1.99. The third-order valence-corrected chi connectivity index (χ3v) is 10.5. The molecule has 0 amide bonds. The SMILES string of the molecule is CC(C)(C)c1cc(CN2CCN(CCOc3ccc([C@@H]4c5ccc(O)cc5OC[C@]4(C)c4ccc(O)cc4)cc3)CC2)cc(C(C)(C)C)c1. The lowest BCUT2D eigenvalue weighted by Crippen LogP contribution is -2.47. The van der Waals surface area contributed by atoms with Crippen LogP contribution in [0.2, 0.25) is 0 Å². The summed E-state index contributed by atoms with van der Waals surface area (Å²) in [6.07, 6.45) is 0. The van der Waals surface area contributed by atoms with Gasteiger partial charge >= 0.3 is 0 Å². The Kier molecular flexibility index (Phi) is 9.76.